The summed E-state index contributed by atoms with van der Waals surface area (Å²) in [6.07, 6.45) is 0. The van der Waals surface area contributed by atoms with Crippen LogP contribution in [0.5, 0.6) is 5.75 Å². The van der Waals surface area contributed by atoms with E-state index in [0.29, 0.717) is 10.9 Å². The van der Waals surface area contributed by atoms with Gasteiger partial charge in [0.05, 0.1) is 18.5 Å². The van der Waals surface area contributed by atoms with Crippen LogP contribution in [0.4, 0.5) is 5.69 Å². The molecule has 4 rings (SSSR count). The van der Waals surface area contributed by atoms with Gasteiger partial charge in [-0.3, -0.25) is 5.43 Å². The zero-order valence-corrected chi connectivity index (χ0v) is 15.8. The maximum Gasteiger partial charge on any atom is 0.154 e. The second-order valence-electron chi connectivity index (χ2n) is 6.29. The Bertz CT molecular complexity index is 1040. The second kappa shape index (κ2) is 7.25. The van der Waals surface area contributed by atoms with Crippen molar-refractivity contribution in [1.29, 1.82) is 0 Å². The number of benzene rings is 3. The Kier molecular flexibility index (Phi) is 4.65. The Morgan fingerprint density at radius 3 is 2.30 bits per heavy atom. The number of methoxy groups -OCH3 is 1. The first-order valence-electron chi connectivity index (χ1n) is 8.58. The lowest BCUT2D eigenvalue weighted by Crippen LogP contribution is -2.19. The second-order valence-corrected chi connectivity index (χ2v) is 6.73. The van der Waals surface area contributed by atoms with Gasteiger partial charge in [-0.25, -0.2) is 4.99 Å². The van der Waals surface area contributed by atoms with Gasteiger partial charge in [-0.05, 0) is 55.5 Å². The number of aliphatic imine (C=N–C) groups is 1. The number of hydrazone groups is 1. The molecule has 0 bridgehead atoms. The number of rotatable bonds is 3. The summed E-state index contributed by atoms with van der Waals surface area (Å²) in [5.41, 5.74) is 8.87. The van der Waals surface area contributed by atoms with Gasteiger partial charge in [0, 0.05) is 21.7 Å². The van der Waals surface area contributed by atoms with Crippen LogP contribution in [-0.2, 0) is 0 Å². The fourth-order valence-corrected chi connectivity index (χ4v) is 3.08. The summed E-state index contributed by atoms with van der Waals surface area (Å²) >= 11 is 6.05. The molecule has 0 amide bonds. The minimum atomic E-state index is 0.687. The van der Waals surface area contributed by atoms with E-state index >= 15 is 0 Å². The molecule has 0 spiro atoms. The van der Waals surface area contributed by atoms with Crippen molar-refractivity contribution in [3.8, 4) is 5.75 Å². The van der Waals surface area contributed by atoms with Crippen LogP contribution in [0.2, 0.25) is 5.02 Å². The van der Waals surface area contributed by atoms with Crippen molar-refractivity contribution in [2.24, 2.45) is 10.1 Å². The molecule has 0 saturated carbocycles. The van der Waals surface area contributed by atoms with Crippen molar-refractivity contribution >= 4 is 28.8 Å². The minimum Gasteiger partial charge on any atom is -0.497 e. The molecule has 4 nitrogen and oxygen atoms in total. The largest absolute Gasteiger partial charge is 0.497 e. The Balaban J connectivity index is 1.82. The van der Waals surface area contributed by atoms with Gasteiger partial charge in [-0.1, -0.05) is 35.4 Å². The number of aryl methyl sites for hydroxylation is 1. The van der Waals surface area contributed by atoms with Gasteiger partial charge in [-0.2, -0.15) is 5.10 Å². The van der Waals surface area contributed by atoms with Crippen molar-refractivity contribution in [2.45, 2.75) is 6.92 Å². The Hall–Kier alpha value is -3.11. The third-order valence-electron chi connectivity index (χ3n) is 4.39. The standard InChI is InChI=1S/C22H18ClN3O/c1-14-3-12-20-19(13-14)21(15-4-8-17(23)9-5-15)25-26-22(24-20)16-6-10-18(27-2)11-7-16/h3-13H,1-2H3,(H,24,26). The highest BCUT2D eigenvalue weighted by Crippen LogP contribution is 2.27. The first kappa shape index (κ1) is 17.3. The molecule has 0 unspecified atom stereocenters. The lowest BCUT2D eigenvalue weighted by molar-refractivity contribution is 0.415. The first-order valence-corrected chi connectivity index (χ1v) is 8.95. The summed E-state index contributed by atoms with van der Waals surface area (Å²) in [4.78, 5) is 4.82. The average molecular weight is 376 g/mol. The number of nitrogens with one attached hydrogen (secondary N) is 1. The molecule has 5 heteroatoms. The molecule has 27 heavy (non-hydrogen) atoms. The predicted octanol–water partition coefficient (Wildman–Crippen LogP) is 5.09. The van der Waals surface area contributed by atoms with E-state index in [1.807, 2.05) is 54.6 Å². The molecule has 1 N–H and O–H groups in total. The zero-order chi connectivity index (χ0) is 18.8. The van der Waals surface area contributed by atoms with Crippen molar-refractivity contribution in [1.82, 2.24) is 5.43 Å². The van der Waals surface area contributed by atoms with Crippen LogP contribution in [0, 0.1) is 6.92 Å². The van der Waals surface area contributed by atoms with E-state index in [9.17, 15) is 0 Å². The lowest BCUT2D eigenvalue weighted by Gasteiger charge is -2.08. The van der Waals surface area contributed by atoms with Crippen LogP contribution in [0.1, 0.15) is 22.3 Å². The first-order chi connectivity index (χ1) is 13.1. The van der Waals surface area contributed by atoms with Crippen molar-refractivity contribution < 1.29 is 4.74 Å². The summed E-state index contributed by atoms with van der Waals surface area (Å²) in [6.45, 7) is 2.06. The molecule has 134 valence electrons. The van der Waals surface area contributed by atoms with Gasteiger partial charge in [0.25, 0.3) is 0 Å². The van der Waals surface area contributed by atoms with E-state index < -0.39 is 0 Å². The van der Waals surface area contributed by atoms with E-state index in [1.165, 1.54) is 0 Å². The summed E-state index contributed by atoms with van der Waals surface area (Å²) in [7, 11) is 1.65. The molecule has 1 aliphatic heterocycles. The van der Waals surface area contributed by atoms with Gasteiger partial charge in [-0.15, -0.1) is 0 Å². The minimum absolute atomic E-state index is 0.687. The van der Waals surface area contributed by atoms with Crippen molar-refractivity contribution in [2.75, 3.05) is 7.11 Å². The topological polar surface area (TPSA) is 46.0 Å². The lowest BCUT2D eigenvalue weighted by atomic mass is 9.99. The molecule has 0 aromatic heterocycles. The van der Waals surface area contributed by atoms with Crippen LogP contribution in [0.3, 0.4) is 0 Å². The van der Waals surface area contributed by atoms with Gasteiger partial charge in [0.15, 0.2) is 5.84 Å². The van der Waals surface area contributed by atoms with E-state index in [4.69, 9.17) is 21.3 Å². The zero-order valence-electron chi connectivity index (χ0n) is 15.0. The van der Waals surface area contributed by atoms with E-state index in [1.54, 1.807) is 7.11 Å². The highest BCUT2D eigenvalue weighted by molar-refractivity contribution is 6.30. The normalized spacial score (nSPS) is 13.0. The number of nitrogens with zero attached hydrogens (tertiary/aromatic N) is 2. The van der Waals surface area contributed by atoms with Crippen LogP contribution < -0.4 is 10.2 Å². The molecule has 0 saturated heterocycles. The van der Waals surface area contributed by atoms with Crippen LogP contribution in [0.15, 0.2) is 76.8 Å². The molecule has 0 radical (unpaired) electrons. The third kappa shape index (κ3) is 3.57. The summed E-state index contributed by atoms with van der Waals surface area (Å²) in [5.74, 6) is 1.49. The van der Waals surface area contributed by atoms with Crippen LogP contribution >= 0.6 is 11.6 Å². The average Bonchev–Trinajstić information content (AvgIpc) is 2.88. The number of hydrogen-bond acceptors (Lipinski definition) is 4. The predicted molar refractivity (Wildman–Crippen MR) is 111 cm³/mol. The molecule has 3 aromatic rings. The van der Waals surface area contributed by atoms with E-state index in [0.717, 1.165) is 39.4 Å². The highest BCUT2D eigenvalue weighted by Gasteiger charge is 2.17. The van der Waals surface area contributed by atoms with Gasteiger partial charge in [0.1, 0.15) is 5.75 Å². The van der Waals surface area contributed by atoms with Crippen LogP contribution in [0.25, 0.3) is 0 Å². The van der Waals surface area contributed by atoms with Crippen LogP contribution in [-0.4, -0.2) is 18.7 Å². The number of halogens is 1. The van der Waals surface area contributed by atoms with E-state index in [2.05, 4.69) is 29.6 Å². The SMILES string of the molecule is COc1ccc(C2=Nc3ccc(C)cc3C(c3ccc(Cl)cc3)=NN2)cc1. The number of hydrogen-bond donors (Lipinski definition) is 1. The molecular weight excluding hydrogens is 358 g/mol. The smallest absolute Gasteiger partial charge is 0.154 e. The molecule has 1 heterocycles. The fraction of sp³-hybridized carbons (Fsp3) is 0.0909. The summed E-state index contributed by atoms with van der Waals surface area (Å²) in [5, 5.41) is 5.36. The molecule has 1 aliphatic rings. The highest BCUT2D eigenvalue weighted by atomic mass is 35.5. The molecular formula is C22H18ClN3O. The van der Waals surface area contributed by atoms with E-state index in [-0.39, 0.29) is 0 Å². The Labute approximate surface area is 163 Å². The number of amidine groups is 1. The molecule has 0 atom stereocenters. The fourth-order valence-electron chi connectivity index (χ4n) is 2.96. The monoisotopic (exact) mass is 375 g/mol. The van der Waals surface area contributed by atoms with Crippen molar-refractivity contribution in [3.63, 3.8) is 0 Å². The van der Waals surface area contributed by atoms with Gasteiger partial charge in [0.2, 0.25) is 0 Å². The number of ether oxygens (including phenoxy) is 1. The van der Waals surface area contributed by atoms with Gasteiger partial charge < -0.3 is 4.74 Å². The maximum absolute atomic E-state index is 6.05. The summed E-state index contributed by atoms with van der Waals surface area (Å²) < 4.78 is 5.24. The molecule has 0 aliphatic carbocycles. The summed E-state index contributed by atoms with van der Waals surface area (Å²) in [6, 6.07) is 21.6. The molecule has 3 aromatic carbocycles. The Morgan fingerprint density at radius 2 is 1.59 bits per heavy atom. The quantitative estimate of drug-likeness (QED) is 0.693. The maximum atomic E-state index is 6.05. The number of fused-ring (bicyclic) bond motifs is 1. The van der Waals surface area contributed by atoms with Crippen molar-refractivity contribution in [3.05, 3.63) is 94.0 Å². The molecule has 0 fully saturated rings. The third-order valence-corrected chi connectivity index (χ3v) is 4.65. The Morgan fingerprint density at radius 1 is 0.889 bits per heavy atom. The van der Waals surface area contributed by atoms with Gasteiger partial charge >= 0.3 is 0 Å².